The van der Waals surface area contributed by atoms with Crippen LogP contribution in [0.5, 0.6) is 0 Å². The summed E-state index contributed by atoms with van der Waals surface area (Å²) in [6.45, 7) is 0. The van der Waals surface area contributed by atoms with Gasteiger partial charge < -0.3 is 0 Å². The van der Waals surface area contributed by atoms with Crippen molar-refractivity contribution >= 4 is 17.7 Å². The predicted octanol–water partition coefficient (Wildman–Crippen LogP) is 4.96. The lowest BCUT2D eigenvalue weighted by Crippen LogP contribution is -1.87. The molecule has 92 valence electrons. The molecule has 0 radical (unpaired) electrons. The van der Waals surface area contributed by atoms with Gasteiger partial charge in [0.05, 0.1) is 5.38 Å². The molecule has 0 saturated carbocycles. The molecule has 0 aliphatic carbocycles. The average Bonchev–Trinajstić information content (AvgIpc) is 2.36. The Morgan fingerprint density at radius 2 is 1.61 bits per heavy atom. The van der Waals surface area contributed by atoms with Crippen LogP contribution in [0.1, 0.15) is 16.5 Å². The summed E-state index contributed by atoms with van der Waals surface area (Å²) in [5.74, 6) is -0.619. The second-order valence-electron chi connectivity index (χ2n) is 3.87. The van der Waals surface area contributed by atoms with E-state index in [1.807, 2.05) is 0 Å². The van der Waals surface area contributed by atoms with Gasteiger partial charge in [0.15, 0.2) is 0 Å². The second kappa shape index (κ2) is 5.78. The lowest BCUT2D eigenvalue weighted by Gasteiger charge is -2.04. The smallest absolute Gasteiger partial charge is 0.123 e. The zero-order valence-electron chi connectivity index (χ0n) is 9.48. The van der Waals surface area contributed by atoms with Crippen molar-refractivity contribution in [1.82, 2.24) is 0 Å². The van der Waals surface area contributed by atoms with Crippen molar-refractivity contribution in [2.24, 2.45) is 0 Å². The third kappa shape index (κ3) is 3.41. The van der Waals surface area contributed by atoms with E-state index < -0.39 is 5.38 Å². The van der Waals surface area contributed by atoms with E-state index in [2.05, 4.69) is 0 Å². The summed E-state index contributed by atoms with van der Waals surface area (Å²) in [7, 11) is 0. The van der Waals surface area contributed by atoms with Crippen LogP contribution in [0, 0.1) is 11.6 Å². The van der Waals surface area contributed by atoms with Crippen molar-refractivity contribution in [3.63, 3.8) is 0 Å². The van der Waals surface area contributed by atoms with Crippen molar-refractivity contribution in [3.05, 3.63) is 77.4 Å². The third-order valence-corrected chi connectivity index (χ3v) is 2.87. The Morgan fingerprint density at radius 1 is 0.944 bits per heavy atom. The second-order valence-corrected chi connectivity index (χ2v) is 4.34. The molecular weight excluding hydrogens is 254 g/mol. The number of allylic oxidation sites excluding steroid dienone is 1. The van der Waals surface area contributed by atoms with Crippen molar-refractivity contribution in [1.29, 1.82) is 0 Å². The highest BCUT2D eigenvalue weighted by Crippen LogP contribution is 2.23. The Morgan fingerprint density at radius 3 is 2.28 bits per heavy atom. The highest BCUT2D eigenvalue weighted by Gasteiger charge is 2.04. The Labute approximate surface area is 110 Å². The number of hydrogen-bond acceptors (Lipinski definition) is 0. The summed E-state index contributed by atoms with van der Waals surface area (Å²) in [6, 6.07) is 12.3. The van der Waals surface area contributed by atoms with Crippen LogP contribution in [0.25, 0.3) is 6.08 Å². The van der Waals surface area contributed by atoms with Gasteiger partial charge in [0.1, 0.15) is 11.6 Å². The minimum absolute atomic E-state index is 0.297. The van der Waals surface area contributed by atoms with Gasteiger partial charge in [-0.1, -0.05) is 36.4 Å². The Kier molecular flexibility index (Phi) is 4.11. The monoisotopic (exact) mass is 264 g/mol. The van der Waals surface area contributed by atoms with Crippen LogP contribution >= 0.6 is 11.6 Å². The van der Waals surface area contributed by atoms with E-state index in [0.717, 1.165) is 5.56 Å². The number of halogens is 3. The zero-order chi connectivity index (χ0) is 13.0. The van der Waals surface area contributed by atoms with Crippen LogP contribution in [0.3, 0.4) is 0 Å². The van der Waals surface area contributed by atoms with Crippen molar-refractivity contribution in [3.8, 4) is 0 Å². The van der Waals surface area contributed by atoms with Crippen molar-refractivity contribution in [2.75, 3.05) is 0 Å². The van der Waals surface area contributed by atoms with Gasteiger partial charge in [0.25, 0.3) is 0 Å². The van der Waals surface area contributed by atoms with Gasteiger partial charge in [0.2, 0.25) is 0 Å². The molecule has 0 amide bonds. The quantitative estimate of drug-likeness (QED) is 0.688. The topological polar surface area (TPSA) is 0 Å². The highest BCUT2D eigenvalue weighted by atomic mass is 35.5. The molecule has 2 aromatic carbocycles. The standard InChI is InChI=1S/C15H11ClF2/c16-15(12-4-2-6-14(18)10-12)8-7-11-3-1-5-13(17)9-11/h1-10,15H/b8-7+. The molecule has 0 N–H and O–H groups in total. The fourth-order valence-electron chi connectivity index (χ4n) is 1.60. The molecule has 0 fully saturated rings. The van der Waals surface area contributed by atoms with E-state index in [-0.39, 0.29) is 11.6 Å². The van der Waals surface area contributed by atoms with Crippen LogP contribution in [0.2, 0.25) is 0 Å². The predicted molar refractivity (Wildman–Crippen MR) is 70.4 cm³/mol. The molecule has 0 spiro atoms. The summed E-state index contributed by atoms with van der Waals surface area (Å²) in [5.41, 5.74) is 1.39. The maximum absolute atomic E-state index is 13.0. The number of benzene rings is 2. The molecule has 3 heteroatoms. The fourth-order valence-corrected chi connectivity index (χ4v) is 1.80. The van der Waals surface area contributed by atoms with Gasteiger partial charge in [-0.25, -0.2) is 8.78 Å². The SMILES string of the molecule is Fc1cccc(/C=C/C(Cl)c2cccc(F)c2)c1. The molecule has 0 bridgehead atoms. The summed E-state index contributed by atoms with van der Waals surface area (Å²) in [4.78, 5) is 0. The number of rotatable bonds is 3. The maximum Gasteiger partial charge on any atom is 0.123 e. The summed E-state index contributed by atoms with van der Waals surface area (Å²) >= 11 is 6.12. The molecule has 2 aromatic rings. The zero-order valence-corrected chi connectivity index (χ0v) is 10.2. The van der Waals surface area contributed by atoms with Gasteiger partial charge in [-0.15, -0.1) is 11.6 Å². The molecule has 0 saturated heterocycles. The van der Waals surface area contributed by atoms with Gasteiger partial charge in [-0.2, -0.15) is 0 Å². The first kappa shape index (κ1) is 12.8. The molecule has 0 aromatic heterocycles. The van der Waals surface area contributed by atoms with Gasteiger partial charge in [0, 0.05) is 0 Å². The minimum atomic E-state index is -0.441. The van der Waals surface area contributed by atoms with E-state index in [1.165, 1.54) is 24.3 Å². The Balaban J connectivity index is 2.14. The minimum Gasteiger partial charge on any atom is -0.207 e. The lowest BCUT2D eigenvalue weighted by molar-refractivity contribution is 0.626. The normalized spacial score (nSPS) is 12.8. The molecule has 0 aliphatic heterocycles. The molecule has 1 unspecified atom stereocenters. The largest absolute Gasteiger partial charge is 0.207 e. The average molecular weight is 265 g/mol. The first-order chi connectivity index (χ1) is 8.65. The highest BCUT2D eigenvalue weighted by molar-refractivity contribution is 6.22. The van der Waals surface area contributed by atoms with E-state index in [1.54, 1.807) is 36.4 Å². The summed E-state index contributed by atoms with van der Waals surface area (Å²) in [5, 5.41) is -0.441. The number of alkyl halides is 1. The third-order valence-electron chi connectivity index (χ3n) is 2.47. The van der Waals surface area contributed by atoms with E-state index in [9.17, 15) is 8.78 Å². The molecule has 0 aliphatic rings. The first-order valence-electron chi connectivity index (χ1n) is 5.48. The lowest BCUT2D eigenvalue weighted by atomic mass is 10.1. The van der Waals surface area contributed by atoms with Gasteiger partial charge in [-0.3, -0.25) is 0 Å². The van der Waals surface area contributed by atoms with Crippen LogP contribution < -0.4 is 0 Å². The van der Waals surface area contributed by atoms with Crippen LogP contribution in [-0.2, 0) is 0 Å². The fraction of sp³-hybridized carbons (Fsp3) is 0.0667. The van der Waals surface area contributed by atoms with Crippen LogP contribution in [-0.4, -0.2) is 0 Å². The Bertz CT molecular complexity index is 564. The molecular formula is C15H11ClF2. The first-order valence-corrected chi connectivity index (χ1v) is 5.92. The van der Waals surface area contributed by atoms with E-state index in [0.29, 0.717) is 5.56 Å². The van der Waals surface area contributed by atoms with E-state index >= 15 is 0 Å². The molecule has 18 heavy (non-hydrogen) atoms. The molecule has 0 nitrogen and oxygen atoms in total. The summed E-state index contributed by atoms with van der Waals surface area (Å²) < 4.78 is 26.0. The molecule has 1 atom stereocenters. The van der Waals surface area contributed by atoms with Crippen molar-refractivity contribution < 1.29 is 8.78 Å². The van der Waals surface area contributed by atoms with E-state index in [4.69, 9.17) is 11.6 Å². The molecule has 2 rings (SSSR count). The van der Waals surface area contributed by atoms with Gasteiger partial charge >= 0.3 is 0 Å². The molecule has 0 heterocycles. The summed E-state index contributed by atoms with van der Waals surface area (Å²) in [6.07, 6.45) is 3.41. The van der Waals surface area contributed by atoms with Crippen molar-refractivity contribution in [2.45, 2.75) is 5.38 Å². The number of hydrogen-bond donors (Lipinski definition) is 0. The Hall–Kier alpha value is -1.67. The van der Waals surface area contributed by atoms with Crippen LogP contribution in [0.4, 0.5) is 8.78 Å². The maximum atomic E-state index is 13.0. The van der Waals surface area contributed by atoms with Crippen LogP contribution in [0.15, 0.2) is 54.6 Å². The van der Waals surface area contributed by atoms with Gasteiger partial charge in [-0.05, 0) is 35.4 Å².